The Labute approximate surface area is 77.9 Å². The lowest BCUT2D eigenvalue weighted by molar-refractivity contribution is 0.162. The summed E-state index contributed by atoms with van der Waals surface area (Å²) < 4.78 is 10.5. The molecule has 4 nitrogen and oxygen atoms in total. The minimum absolute atomic E-state index is 0.502. The van der Waals surface area contributed by atoms with Gasteiger partial charge in [0.05, 0.1) is 5.69 Å². The predicted octanol–water partition coefficient (Wildman–Crippen LogP) is 1.58. The quantitative estimate of drug-likeness (QED) is 0.611. The molecule has 1 aliphatic heterocycles. The van der Waals surface area contributed by atoms with Crippen molar-refractivity contribution >= 4 is 0 Å². The lowest BCUT2D eigenvalue weighted by Gasteiger charge is -2.15. The van der Waals surface area contributed by atoms with Gasteiger partial charge in [-0.25, -0.2) is 0 Å². The molecule has 4 heteroatoms. The summed E-state index contributed by atoms with van der Waals surface area (Å²) in [6.07, 6.45) is 0. The summed E-state index contributed by atoms with van der Waals surface area (Å²) >= 11 is 0. The summed E-state index contributed by atoms with van der Waals surface area (Å²) in [6.45, 7) is 7.02. The zero-order valence-corrected chi connectivity index (χ0v) is 8.20. The molecule has 0 amide bonds. The van der Waals surface area contributed by atoms with Crippen molar-refractivity contribution in [1.82, 2.24) is 10.2 Å². The maximum absolute atomic E-state index is 5.28. The second-order valence-electron chi connectivity index (χ2n) is 2.35. The molecule has 1 aromatic heterocycles. The molecule has 0 saturated carbocycles. The number of ether oxygens (including phenoxy) is 2. The second-order valence-corrected chi connectivity index (χ2v) is 2.35. The van der Waals surface area contributed by atoms with Gasteiger partial charge in [0, 0.05) is 6.07 Å². The van der Waals surface area contributed by atoms with E-state index in [1.807, 2.05) is 26.8 Å². The Kier molecular flexibility index (Phi) is 3.49. The predicted molar refractivity (Wildman–Crippen MR) is 49.1 cm³/mol. The van der Waals surface area contributed by atoms with E-state index in [9.17, 15) is 0 Å². The topological polar surface area (TPSA) is 44.2 Å². The van der Waals surface area contributed by atoms with Gasteiger partial charge >= 0.3 is 0 Å². The van der Waals surface area contributed by atoms with Crippen LogP contribution in [0.1, 0.15) is 19.5 Å². The average molecular weight is 182 g/mol. The Bertz CT molecular complexity index is 276. The van der Waals surface area contributed by atoms with E-state index in [1.54, 1.807) is 0 Å². The van der Waals surface area contributed by atoms with Gasteiger partial charge in [-0.05, 0) is 6.92 Å². The van der Waals surface area contributed by atoms with Crippen LogP contribution in [0.15, 0.2) is 6.07 Å². The molecule has 0 aromatic carbocycles. The summed E-state index contributed by atoms with van der Waals surface area (Å²) in [4.78, 5) is 0. The molecule has 13 heavy (non-hydrogen) atoms. The summed E-state index contributed by atoms with van der Waals surface area (Å²) in [6, 6.07) is 1.82. The van der Waals surface area contributed by atoms with Gasteiger partial charge < -0.3 is 9.47 Å². The van der Waals surface area contributed by atoms with E-state index in [0.29, 0.717) is 24.8 Å². The molecule has 0 radical (unpaired) electrons. The van der Waals surface area contributed by atoms with Crippen LogP contribution in [0.2, 0.25) is 0 Å². The number of nitrogens with zero attached hydrogens (tertiary/aromatic N) is 2. The molecule has 0 atom stereocenters. The molecule has 2 heterocycles. The highest BCUT2D eigenvalue weighted by Gasteiger charge is 2.12. The first kappa shape index (κ1) is 9.77. The van der Waals surface area contributed by atoms with E-state index in [2.05, 4.69) is 10.2 Å². The third kappa shape index (κ3) is 2.31. The van der Waals surface area contributed by atoms with Crippen molar-refractivity contribution in [3.63, 3.8) is 0 Å². The third-order valence-corrected chi connectivity index (χ3v) is 1.43. The summed E-state index contributed by atoms with van der Waals surface area (Å²) in [7, 11) is 0. The van der Waals surface area contributed by atoms with Crippen LogP contribution in [0.4, 0.5) is 0 Å². The van der Waals surface area contributed by atoms with Crippen LogP contribution in [0.5, 0.6) is 11.6 Å². The SMILES string of the molecule is CC.Cc1cc2c(nn1)OCCO2. The van der Waals surface area contributed by atoms with Crippen LogP contribution in [-0.4, -0.2) is 23.4 Å². The highest BCUT2D eigenvalue weighted by atomic mass is 16.6. The Morgan fingerprint density at radius 1 is 1.15 bits per heavy atom. The van der Waals surface area contributed by atoms with E-state index < -0.39 is 0 Å². The van der Waals surface area contributed by atoms with E-state index in [1.165, 1.54) is 0 Å². The molecule has 0 saturated heterocycles. The first-order chi connectivity index (χ1) is 6.36. The van der Waals surface area contributed by atoms with Gasteiger partial charge in [-0.15, -0.1) is 5.10 Å². The smallest absolute Gasteiger partial charge is 0.276 e. The van der Waals surface area contributed by atoms with Crippen LogP contribution in [0, 0.1) is 6.92 Å². The molecular formula is C9H14N2O2. The third-order valence-electron chi connectivity index (χ3n) is 1.43. The van der Waals surface area contributed by atoms with E-state index in [4.69, 9.17) is 9.47 Å². The molecule has 2 rings (SSSR count). The lowest BCUT2D eigenvalue weighted by Crippen LogP contribution is -2.16. The van der Waals surface area contributed by atoms with Crippen molar-refractivity contribution in [1.29, 1.82) is 0 Å². The average Bonchev–Trinajstić information content (AvgIpc) is 2.21. The molecule has 0 fully saturated rings. The maximum Gasteiger partial charge on any atom is 0.276 e. The molecule has 0 bridgehead atoms. The maximum atomic E-state index is 5.28. The van der Waals surface area contributed by atoms with Crippen LogP contribution in [-0.2, 0) is 0 Å². The van der Waals surface area contributed by atoms with Crippen molar-refractivity contribution in [3.05, 3.63) is 11.8 Å². The van der Waals surface area contributed by atoms with Crippen molar-refractivity contribution in [2.24, 2.45) is 0 Å². The molecule has 1 aliphatic rings. The summed E-state index contributed by atoms with van der Waals surface area (Å²) in [5.74, 6) is 1.20. The zero-order valence-electron chi connectivity index (χ0n) is 8.20. The molecule has 0 unspecified atom stereocenters. The Hall–Kier alpha value is -1.32. The van der Waals surface area contributed by atoms with Crippen molar-refractivity contribution in [2.45, 2.75) is 20.8 Å². The fraction of sp³-hybridized carbons (Fsp3) is 0.556. The van der Waals surface area contributed by atoms with Gasteiger partial charge in [-0.3, -0.25) is 0 Å². The highest BCUT2D eigenvalue weighted by molar-refractivity contribution is 5.33. The fourth-order valence-corrected chi connectivity index (χ4v) is 0.947. The molecule has 1 aromatic rings. The Morgan fingerprint density at radius 2 is 1.85 bits per heavy atom. The number of fused-ring (bicyclic) bond motifs is 1. The first-order valence-corrected chi connectivity index (χ1v) is 4.46. The Balaban J connectivity index is 0.000000396. The minimum Gasteiger partial charge on any atom is -0.484 e. The molecule has 0 N–H and O–H groups in total. The standard InChI is InChI=1S/C7H8N2O2.C2H6/c1-5-4-6-7(9-8-5)11-3-2-10-6;1-2/h4H,2-3H2,1H3;1-2H3. The number of hydrogen-bond acceptors (Lipinski definition) is 4. The number of rotatable bonds is 0. The summed E-state index contributed by atoms with van der Waals surface area (Å²) in [5.41, 5.74) is 0.842. The minimum atomic E-state index is 0.502. The van der Waals surface area contributed by atoms with E-state index in [-0.39, 0.29) is 0 Å². The Morgan fingerprint density at radius 3 is 2.62 bits per heavy atom. The van der Waals surface area contributed by atoms with Crippen LogP contribution in [0.3, 0.4) is 0 Å². The van der Waals surface area contributed by atoms with Crippen LogP contribution < -0.4 is 9.47 Å². The zero-order chi connectivity index (χ0) is 9.68. The lowest BCUT2D eigenvalue weighted by atomic mass is 10.4. The van der Waals surface area contributed by atoms with Gasteiger partial charge in [-0.2, -0.15) is 5.10 Å². The molecule has 72 valence electrons. The van der Waals surface area contributed by atoms with Crippen molar-refractivity contribution in [2.75, 3.05) is 13.2 Å². The number of hydrogen-bond donors (Lipinski definition) is 0. The monoisotopic (exact) mass is 182 g/mol. The van der Waals surface area contributed by atoms with Crippen molar-refractivity contribution in [3.8, 4) is 11.6 Å². The van der Waals surface area contributed by atoms with Gasteiger partial charge in [0.15, 0.2) is 5.75 Å². The van der Waals surface area contributed by atoms with Gasteiger partial charge in [0.25, 0.3) is 5.88 Å². The second kappa shape index (κ2) is 4.64. The normalized spacial score (nSPS) is 12.8. The van der Waals surface area contributed by atoms with E-state index in [0.717, 1.165) is 5.69 Å². The summed E-state index contributed by atoms with van der Waals surface area (Å²) in [5, 5.41) is 7.66. The fourth-order valence-electron chi connectivity index (χ4n) is 0.947. The van der Waals surface area contributed by atoms with Crippen molar-refractivity contribution < 1.29 is 9.47 Å². The van der Waals surface area contributed by atoms with Gasteiger partial charge in [0.1, 0.15) is 13.2 Å². The van der Waals surface area contributed by atoms with Gasteiger partial charge in [-0.1, -0.05) is 13.8 Å². The van der Waals surface area contributed by atoms with Gasteiger partial charge in [0.2, 0.25) is 0 Å². The molecular weight excluding hydrogens is 168 g/mol. The molecule has 0 spiro atoms. The van der Waals surface area contributed by atoms with Crippen LogP contribution >= 0.6 is 0 Å². The highest BCUT2D eigenvalue weighted by Crippen LogP contribution is 2.26. The number of aromatic nitrogens is 2. The number of aryl methyl sites for hydroxylation is 1. The van der Waals surface area contributed by atoms with E-state index >= 15 is 0 Å². The molecule has 0 aliphatic carbocycles. The first-order valence-electron chi connectivity index (χ1n) is 4.46. The van der Waals surface area contributed by atoms with Crippen LogP contribution in [0.25, 0.3) is 0 Å². The largest absolute Gasteiger partial charge is 0.484 e.